The van der Waals surface area contributed by atoms with E-state index in [0.717, 1.165) is 35.8 Å². The van der Waals surface area contributed by atoms with Crippen LogP contribution in [0, 0.1) is 17.2 Å². The molecule has 36 heavy (non-hydrogen) atoms. The summed E-state index contributed by atoms with van der Waals surface area (Å²) in [4.78, 5) is 18.4. The van der Waals surface area contributed by atoms with Crippen LogP contribution in [0.25, 0.3) is 16.9 Å². The van der Waals surface area contributed by atoms with Gasteiger partial charge in [-0.3, -0.25) is 4.79 Å². The summed E-state index contributed by atoms with van der Waals surface area (Å²) in [6.45, 7) is 2.13. The van der Waals surface area contributed by atoms with Gasteiger partial charge in [0.1, 0.15) is 16.8 Å². The Hall–Kier alpha value is -3.91. The molecule has 1 N–H and O–H groups in total. The number of nitriles is 1. The summed E-state index contributed by atoms with van der Waals surface area (Å²) >= 11 is 1.34. The Morgan fingerprint density at radius 2 is 2.03 bits per heavy atom. The number of rotatable bonds is 4. The molecule has 1 aromatic carbocycles. The normalized spacial score (nSPS) is 15.4. The molecule has 1 aliphatic carbocycles. The van der Waals surface area contributed by atoms with Crippen LogP contribution in [0.5, 0.6) is 5.75 Å². The molecule has 11 heteroatoms. The third kappa shape index (κ3) is 4.28. The van der Waals surface area contributed by atoms with Crippen LogP contribution >= 0.6 is 11.3 Å². The van der Waals surface area contributed by atoms with Gasteiger partial charge in [0.2, 0.25) is 0 Å². The number of amides is 1. The number of thiophene rings is 1. The first-order valence-corrected chi connectivity index (χ1v) is 12.0. The molecule has 3 heterocycles. The number of hydrogen-bond donors (Lipinski definition) is 1. The zero-order chi connectivity index (χ0) is 25.6. The van der Waals surface area contributed by atoms with Crippen LogP contribution in [0.1, 0.15) is 45.5 Å². The van der Waals surface area contributed by atoms with Gasteiger partial charge in [0.15, 0.2) is 17.0 Å². The van der Waals surface area contributed by atoms with Crippen LogP contribution in [-0.2, 0) is 19.0 Å². The average Bonchev–Trinajstić information content (AvgIpc) is 3.43. The molecule has 1 atom stereocenters. The van der Waals surface area contributed by atoms with Crippen molar-refractivity contribution in [3.8, 4) is 23.1 Å². The van der Waals surface area contributed by atoms with Crippen molar-refractivity contribution in [3.63, 3.8) is 0 Å². The number of ether oxygens (including phenoxy) is 1. The third-order valence-corrected chi connectivity index (χ3v) is 7.36. The number of alkyl halides is 3. The lowest BCUT2D eigenvalue weighted by Crippen LogP contribution is -2.15. The quantitative estimate of drug-likeness (QED) is 0.378. The van der Waals surface area contributed by atoms with E-state index < -0.39 is 17.8 Å². The Morgan fingerprint density at radius 3 is 2.69 bits per heavy atom. The third-order valence-electron chi connectivity index (χ3n) is 6.19. The lowest BCUT2D eigenvalue weighted by atomic mass is 9.89. The van der Waals surface area contributed by atoms with Crippen LogP contribution in [-0.4, -0.2) is 27.6 Å². The highest BCUT2D eigenvalue weighted by atomic mass is 32.1. The number of nitrogens with one attached hydrogen (secondary N) is 1. The molecule has 0 aliphatic heterocycles. The van der Waals surface area contributed by atoms with Gasteiger partial charge in [-0.1, -0.05) is 6.92 Å². The Kier molecular flexibility index (Phi) is 5.92. The Morgan fingerprint density at radius 1 is 1.28 bits per heavy atom. The average molecular weight is 512 g/mol. The standard InChI is InChI=1S/C25H20F3N5O2S/c1-13-3-8-16-17(12-29)24(36-20(16)9-13)31-23(34)19-11-22-30-18(14-4-6-15(35-2)7-5-14)10-21(25(26,27)28)33(22)32-19/h4-7,10-11,13H,3,8-9H2,1-2H3,(H,31,34)/t13-/m0/s1. The first-order chi connectivity index (χ1) is 17.2. The van der Waals surface area contributed by atoms with Gasteiger partial charge in [-0.2, -0.15) is 23.5 Å². The Labute approximate surface area is 208 Å². The second kappa shape index (κ2) is 8.95. The van der Waals surface area contributed by atoms with E-state index in [1.165, 1.54) is 24.5 Å². The summed E-state index contributed by atoms with van der Waals surface area (Å²) in [7, 11) is 1.49. The van der Waals surface area contributed by atoms with E-state index in [1.54, 1.807) is 24.3 Å². The fourth-order valence-electron chi connectivity index (χ4n) is 4.32. The van der Waals surface area contributed by atoms with Gasteiger partial charge in [-0.25, -0.2) is 9.50 Å². The molecular weight excluding hydrogens is 491 g/mol. The van der Waals surface area contributed by atoms with Crippen molar-refractivity contribution in [1.29, 1.82) is 5.26 Å². The highest BCUT2D eigenvalue weighted by Gasteiger charge is 2.36. The molecule has 4 aromatic rings. The van der Waals surface area contributed by atoms with Gasteiger partial charge in [0.25, 0.3) is 5.91 Å². The van der Waals surface area contributed by atoms with Crippen molar-refractivity contribution in [3.05, 3.63) is 63.8 Å². The second-order valence-electron chi connectivity index (χ2n) is 8.67. The summed E-state index contributed by atoms with van der Waals surface area (Å²) in [6, 6.07) is 10.7. The zero-order valence-electron chi connectivity index (χ0n) is 19.3. The summed E-state index contributed by atoms with van der Waals surface area (Å²) in [5.74, 6) is 0.333. The van der Waals surface area contributed by atoms with Crippen molar-refractivity contribution in [2.45, 2.75) is 32.4 Å². The minimum absolute atomic E-state index is 0.0798. The summed E-state index contributed by atoms with van der Waals surface area (Å²) < 4.78 is 47.4. The van der Waals surface area contributed by atoms with Gasteiger partial charge < -0.3 is 10.1 Å². The van der Waals surface area contributed by atoms with Crippen molar-refractivity contribution >= 4 is 27.9 Å². The molecule has 1 amide bonds. The minimum atomic E-state index is -4.74. The van der Waals surface area contributed by atoms with Gasteiger partial charge >= 0.3 is 6.18 Å². The van der Waals surface area contributed by atoms with E-state index in [4.69, 9.17) is 4.74 Å². The largest absolute Gasteiger partial charge is 0.497 e. The minimum Gasteiger partial charge on any atom is -0.497 e. The van der Waals surface area contributed by atoms with E-state index >= 15 is 0 Å². The summed E-state index contributed by atoms with van der Waals surface area (Å²) in [6.07, 6.45) is -2.20. The number of anilines is 1. The number of methoxy groups -OCH3 is 1. The van der Waals surface area contributed by atoms with Gasteiger partial charge in [-0.05, 0) is 61.1 Å². The number of aromatic nitrogens is 3. The predicted octanol–water partition coefficient (Wildman–Crippen LogP) is 5.73. The SMILES string of the molecule is COc1ccc(-c2cc(C(F)(F)F)n3nc(C(=O)Nc4sc5c(c4C#N)CC[C@H](C)C5)cc3n2)cc1. The Bertz CT molecular complexity index is 1520. The van der Waals surface area contributed by atoms with E-state index in [9.17, 15) is 23.2 Å². The van der Waals surface area contributed by atoms with Gasteiger partial charge in [0.05, 0.1) is 18.4 Å². The molecule has 0 bridgehead atoms. The first-order valence-electron chi connectivity index (χ1n) is 11.2. The monoisotopic (exact) mass is 511 g/mol. The van der Waals surface area contributed by atoms with E-state index in [1.807, 2.05) is 0 Å². The number of carbonyl (C=O) groups is 1. The highest BCUT2D eigenvalue weighted by molar-refractivity contribution is 7.16. The molecule has 0 spiro atoms. The number of fused-ring (bicyclic) bond motifs is 2. The summed E-state index contributed by atoms with van der Waals surface area (Å²) in [5.41, 5.74) is 0.468. The maximum absolute atomic E-state index is 13.9. The fourth-order valence-corrected chi connectivity index (χ4v) is 5.68. The lowest BCUT2D eigenvalue weighted by Gasteiger charge is -2.17. The van der Waals surface area contributed by atoms with E-state index in [-0.39, 0.29) is 17.0 Å². The molecule has 0 fully saturated rings. The van der Waals surface area contributed by atoms with E-state index in [0.29, 0.717) is 32.3 Å². The molecule has 0 radical (unpaired) electrons. The molecule has 3 aromatic heterocycles. The molecule has 0 unspecified atom stereocenters. The lowest BCUT2D eigenvalue weighted by molar-refractivity contribution is -0.142. The Balaban J connectivity index is 1.53. The van der Waals surface area contributed by atoms with Crippen LogP contribution in [0.4, 0.5) is 18.2 Å². The van der Waals surface area contributed by atoms with Gasteiger partial charge in [0, 0.05) is 16.5 Å². The number of nitrogens with zero attached hydrogens (tertiary/aromatic N) is 4. The van der Waals surface area contributed by atoms with Gasteiger partial charge in [-0.15, -0.1) is 11.3 Å². The molecule has 184 valence electrons. The van der Waals surface area contributed by atoms with Crippen LogP contribution in [0.15, 0.2) is 36.4 Å². The molecular formula is C25H20F3N5O2S. The predicted molar refractivity (Wildman–Crippen MR) is 128 cm³/mol. The molecule has 0 saturated carbocycles. The topological polar surface area (TPSA) is 92.3 Å². The van der Waals surface area contributed by atoms with E-state index in [2.05, 4.69) is 28.4 Å². The van der Waals surface area contributed by atoms with Crippen LogP contribution in [0.2, 0.25) is 0 Å². The van der Waals surface area contributed by atoms with Crippen molar-refractivity contribution < 1.29 is 22.7 Å². The van der Waals surface area contributed by atoms with Crippen LogP contribution < -0.4 is 10.1 Å². The smallest absolute Gasteiger partial charge is 0.433 e. The second-order valence-corrected chi connectivity index (χ2v) is 9.78. The highest BCUT2D eigenvalue weighted by Crippen LogP contribution is 2.39. The zero-order valence-corrected chi connectivity index (χ0v) is 20.1. The molecule has 0 saturated heterocycles. The maximum Gasteiger partial charge on any atom is 0.433 e. The first kappa shape index (κ1) is 23.8. The molecule has 5 rings (SSSR count). The number of hydrogen-bond acceptors (Lipinski definition) is 6. The van der Waals surface area contributed by atoms with Crippen molar-refractivity contribution in [2.75, 3.05) is 12.4 Å². The number of halogens is 3. The fraction of sp³-hybridized carbons (Fsp3) is 0.280. The van der Waals surface area contributed by atoms with Crippen molar-refractivity contribution in [1.82, 2.24) is 14.6 Å². The number of carbonyl (C=O) groups excluding carboxylic acids is 1. The molecule has 7 nitrogen and oxygen atoms in total. The summed E-state index contributed by atoms with van der Waals surface area (Å²) in [5, 5.41) is 16.7. The van der Waals surface area contributed by atoms with Crippen molar-refractivity contribution in [2.24, 2.45) is 5.92 Å². The van der Waals surface area contributed by atoms with Crippen LogP contribution in [0.3, 0.4) is 0 Å². The molecule has 1 aliphatic rings. The maximum atomic E-state index is 13.9. The number of benzene rings is 1.